The SMILES string of the molecule is CCC(C)CCCCCCCCCCN. The van der Waals surface area contributed by atoms with Crippen LogP contribution in [0.1, 0.15) is 78.1 Å². The zero-order chi connectivity index (χ0) is 11.4. The number of rotatable bonds is 11. The Morgan fingerprint density at radius 2 is 1.27 bits per heavy atom. The van der Waals surface area contributed by atoms with E-state index in [1.807, 2.05) is 0 Å². The number of unbranched alkanes of at least 4 members (excludes halogenated alkanes) is 7. The van der Waals surface area contributed by atoms with Gasteiger partial charge in [-0.25, -0.2) is 0 Å². The van der Waals surface area contributed by atoms with Gasteiger partial charge >= 0.3 is 0 Å². The van der Waals surface area contributed by atoms with E-state index in [1.54, 1.807) is 0 Å². The fraction of sp³-hybridized carbons (Fsp3) is 1.00. The van der Waals surface area contributed by atoms with E-state index in [1.165, 1.54) is 64.2 Å². The summed E-state index contributed by atoms with van der Waals surface area (Å²) < 4.78 is 0. The normalized spacial score (nSPS) is 13.0. The molecule has 0 heterocycles. The summed E-state index contributed by atoms with van der Waals surface area (Å²) in [6.07, 6.45) is 13.9. The molecule has 0 saturated heterocycles. The molecule has 0 saturated carbocycles. The minimum absolute atomic E-state index is 0.870. The van der Waals surface area contributed by atoms with Crippen molar-refractivity contribution in [2.75, 3.05) is 6.54 Å². The second-order valence-electron chi connectivity index (χ2n) is 4.92. The van der Waals surface area contributed by atoms with E-state index in [9.17, 15) is 0 Å². The van der Waals surface area contributed by atoms with Crippen LogP contribution in [0.5, 0.6) is 0 Å². The van der Waals surface area contributed by atoms with Crippen molar-refractivity contribution < 1.29 is 0 Å². The van der Waals surface area contributed by atoms with Crippen molar-refractivity contribution in [3.05, 3.63) is 0 Å². The highest BCUT2D eigenvalue weighted by molar-refractivity contribution is 4.52. The van der Waals surface area contributed by atoms with Crippen LogP contribution in [0.4, 0.5) is 0 Å². The molecule has 0 radical (unpaired) electrons. The topological polar surface area (TPSA) is 26.0 Å². The first kappa shape index (κ1) is 15.0. The molecule has 0 aromatic heterocycles. The van der Waals surface area contributed by atoms with Gasteiger partial charge in [0.15, 0.2) is 0 Å². The molecule has 0 rings (SSSR count). The average Bonchev–Trinajstić information content (AvgIpc) is 2.26. The molecule has 0 aromatic rings. The van der Waals surface area contributed by atoms with Crippen molar-refractivity contribution in [2.45, 2.75) is 78.1 Å². The van der Waals surface area contributed by atoms with E-state index in [0.29, 0.717) is 0 Å². The van der Waals surface area contributed by atoms with Crippen LogP contribution in [0.2, 0.25) is 0 Å². The Morgan fingerprint density at radius 3 is 1.73 bits per heavy atom. The van der Waals surface area contributed by atoms with Gasteiger partial charge < -0.3 is 5.73 Å². The third-order valence-corrected chi connectivity index (χ3v) is 3.35. The average molecular weight is 213 g/mol. The van der Waals surface area contributed by atoms with Gasteiger partial charge in [-0.1, -0.05) is 71.6 Å². The van der Waals surface area contributed by atoms with Gasteiger partial charge in [-0.3, -0.25) is 0 Å². The molecular formula is C14H31N. The van der Waals surface area contributed by atoms with Gasteiger partial charge in [0.1, 0.15) is 0 Å². The standard InChI is InChI=1S/C14H31N/c1-3-14(2)12-10-8-6-4-5-7-9-11-13-15/h14H,3-13,15H2,1-2H3. The summed E-state index contributed by atoms with van der Waals surface area (Å²) in [5.74, 6) is 0.939. The lowest BCUT2D eigenvalue weighted by molar-refractivity contribution is 0.469. The molecule has 0 aliphatic carbocycles. The number of nitrogens with two attached hydrogens (primary N) is 1. The minimum atomic E-state index is 0.870. The third-order valence-electron chi connectivity index (χ3n) is 3.35. The molecule has 92 valence electrons. The summed E-state index contributed by atoms with van der Waals surface area (Å²) >= 11 is 0. The van der Waals surface area contributed by atoms with E-state index < -0.39 is 0 Å². The van der Waals surface area contributed by atoms with Crippen LogP contribution in [-0.2, 0) is 0 Å². The molecule has 0 aliphatic rings. The van der Waals surface area contributed by atoms with E-state index in [4.69, 9.17) is 5.73 Å². The molecule has 0 fully saturated rings. The highest BCUT2D eigenvalue weighted by Gasteiger charge is 1.97. The Balaban J connectivity index is 2.92. The third kappa shape index (κ3) is 11.9. The first-order valence-corrected chi connectivity index (χ1v) is 7.01. The minimum Gasteiger partial charge on any atom is -0.330 e. The lowest BCUT2D eigenvalue weighted by atomic mass is 10.00. The van der Waals surface area contributed by atoms with Gasteiger partial charge in [-0.05, 0) is 18.9 Å². The molecule has 0 aromatic carbocycles. The summed E-state index contributed by atoms with van der Waals surface area (Å²) in [6, 6.07) is 0. The smallest absolute Gasteiger partial charge is 0.00773 e. The van der Waals surface area contributed by atoms with E-state index >= 15 is 0 Å². The van der Waals surface area contributed by atoms with E-state index in [-0.39, 0.29) is 0 Å². The Bertz CT molecular complexity index is 112. The second-order valence-corrected chi connectivity index (χ2v) is 4.92. The molecule has 1 heteroatoms. The van der Waals surface area contributed by atoms with Crippen LogP contribution in [0.25, 0.3) is 0 Å². The van der Waals surface area contributed by atoms with Gasteiger partial charge in [0, 0.05) is 0 Å². The quantitative estimate of drug-likeness (QED) is 0.502. The molecule has 0 amide bonds. The summed E-state index contributed by atoms with van der Waals surface area (Å²) in [7, 11) is 0. The van der Waals surface area contributed by atoms with Crippen LogP contribution in [0.15, 0.2) is 0 Å². The first-order valence-electron chi connectivity index (χ1n) is 7.01. The lowest BCUT2D eigenvalue weighted by Gasteiger charge is -2.07. The highest BCUT2D eigenvalue weighted by Crippen LogP contribution is 2.14. The van der Waals surface area contributed by atoms with Crippen LogP contribution in [-0.4, -0.2) is 6.54 Å². The highest BCUT2D eigenvalue weighted by atomic mass is 14.5. The summed E-state index contributed by atoms with van der Waals surface area (Å²) in [5, 5.41) is 0. The van der Waals surface area contributed by atoms with Crippen molar-refractivity contribution in [2.24, 2.45) is 11.7 Å². The van der Waals surface area contributed by atoms with Crippen LogP contribution >= 0.6 is 0 Å². The van der Waals surface area contributed by atoms with Gasteiger partial charge in [-0.15, -0.1) is 0 Å². The molecule has 0 bridgehead atoms. The van der Waals surface area contributed by atoms with Gasteiger partial charge in [0.25, 0.3) is 0 Å². The second kappa shape index (κ2) is 12.0. The maximum absolute atomic E-state index is 5.45. The summed E-state index contributed by atoms with van der Waals surface area (Å²) in [6.45, 7) is 5.53. The van der Waals surface area contributed by atoms with E-state index in [0.717, 1.165) is 12.5 Å². The zero-order valence-corrected chi connectivity index (χ0v) is 10.9. The first-order chi connectivity index (χ1) is 7.31. The van der Waals surface area contributed by atoms with Gasteiger partial charge in [0.2, 0.25) is 0 Å². The van der Waals surface area contributed by atoms with Gasteiger partial charge in [0.05, 0.1) is 0 Å². The molecule has 1 atom stereocenters. The monoisotopic (exact) mass is 213 g/mol. The fourth-order valence-electron chi connectivity index (χ4n) is 1.90. The fourth-order valence-corrected chi connectivity index (χ4v) is 1.90. The number of hydrogen-bond acceptors (Lipinski definition) is 1. The maximum Gasteiger partial charge on any atom is -0.00773 e. The molecule has 0 aliphatic heterocycles. The van der Waals surface area contributed by atoms with Crippen molar-refractivity contribution in [1.82, 2.24) is 0 Å². The molecule has 1 nitrogen and oxygen atoms in total. The molecule has 15 heavy (non-hydrogen) atoms. The summed E-state index contributed by atoms with van der Waals surface area (Å²) in [4.78, 5) is 0. The lowest BCUT2D eigenvalue weighted by Crippen LogP contribution is -1.97. The van der Waals surface area contributed by atoms with Crippen molar-refractivity contribution in [3.63, 3.8) is 0 Å². The van der Waals surface area contributed by atoms with Gasteiger partial charge in [-0.2, -0.15) is 0 Å². The number of hydrogen-bond donors (Lipinski definition) is 1. The van der Waals surface area contributed by atoms with E-state index in [2.05, 4.69) is 13.8 Å². The van der Waals surface area contributed by atoms with Crippen LogP contribution in [0, 0.1) is 5.92 Å². The molecular weight excluding hydrogens is 182 g/mol. The molecule has 2 N–H and O–H groups in total. The Hall–Kier alpha value is -0.0400. The zero-order valence-electron chi connectivity index (χ0n) is 10.9. The maximum atomic E-state index is 5.45. The molecule has 1 unspecified atom stereocenters. The predicted octanol–water partition coefficient (Wildman–Crippen LogP) is 4.50. The van der Waals surface area contributed by atoms with Crippen molar-refractivity contribution in [3.8, 4) is 0 Å². The Labute approximate surface area is 96.8 Å². The van der Waals surface area contributed by atoms with Crippen molar-refractivity contribution in [1.29, 1.82) is 0 Å². The predicted molar refractivity (Wildman–Crippen MR) is 70.1 cm³/mol. The molecule has 0 spiro atoms. The summed E-state index contributed by atoms with van der Waals surface area (Å²) in [5.41, 5.74) is 5.45. The largest absolute Gasteiger partial charge is 0.330 e. The van der Waals surface area contributed by atoms with Crippen molar-refractivity contribution >= 4 is 0 Å². The van der Waals surface area contributed by atoms with Crippen LogP contribution in [0.3, 0.4) is 0 Å². The Kier molecular flexibility index (Phi) is 12.0. The Morgan fingerprint density at radius 1 is 0.800 bits per heavy atom. The van der Waals surface area contributed by atoms with Crippen LogP contribution < -0.4 is 5.73 Å².